The molecule has 1 fully saturated rings. The predicted molar refractivity (Wildman–Crippen MR) is 121 cm³/mol. The number of piperidine rings is 1. The van der Waals surface area contributed by atoms with Crippen molar-refractivity contribution in [2.75, 3.05) is 32.1 Å². The molecule has 1 aromatic carbocycles. The number of aromatic nitrogens is 3. The van der Waals surface area contributed by atoms with Gasteiger partial charge in [0.1, 0.15) is 5.82 Å². The number of anilines is 1. The minimum atomic E-state index is -0.299. The van der Waals surface area contributed by atoms with E-state index in [-0.39, 0.29) is 17.6 Å². The van der Waals surface area contributed by atoms with Gasteiger partial charge >= 0.3 is 0 Å². The number of hydrogen-bond donors (Lipinski definition) is 0. The van der Waals surface area contributed by atoms with E-state index in [0.29, 0.717) is 30.0 Å². The number of likely N-dealkylation sites (tertiary alicyclic amines) is 1. The van der Waals surface area contributed by atoms with Gasteiger partial charge in [0.2, 0.25) is 11.9 Å². The highest BCUT2D eigenvalue weighted by Gasteiger charge is 2.29. The third-order valence-electron chi connectivity index (χ3n) is 5.53. The highest BCUT2D eigenvalue weighted by molar-refractivity contribution is 7.09. The van der Waals surface area contributed by atoms with Crippen LogP contribution in [0.4, 0.5) is 10.3 Å². The molecule has 1 atom stereocenters. The maximum Gasteiger partial charge on any atom is 0.228 e. The minimum Gasteiger partial charge on any atom is -0.347 e. The second-order valence-corrected chi connectivity index (χ2v) is 9.12. The third kappa shape index (κ3) is 4.74. The van der Waals surface area contributed by atoms with E-state index in [0.717, 1.165) is 35.8 Å². The van der Waals surface area contributed by atoms with Crippen LogP contribution < -0.4 is 4.90 Å². The highest BCUT2D eigenvalue weighted by atomic mass is 32.1. The monoisotopic (exact) mass is 439 g/mol. The molecule has 1 aliphatic rings. The van der Waals surface area contributed by atoms with Crippen molar-refractivity contribution in [1.29, 1.82) is 0 Å². The first kappa shape index (κ1) is 21.4. The zero-order chi connectivity index (χ0) is 22.0. The number of nitrogens with zero attached hydrogens (tertiary/aromatic N) is 5. The summed E-state index contributed by atoms with van der Waals surface area (Å²) in [6.07, 6.45) is 3.79. The van der Waals surface area contributed by atoms with Crippen LogP contribution in [0, 0.1) is 12.7 Å². The molecule has 0 saturated carbocycles. The number of rotatable bonds is 5. The van der Waals surface area contributed by atoms with E-state index in [1.165, 1.54) is 6.07 Å². The van der Waals surface area contributed by atoms with Crippen LogP contribution >= 0.6 is 11.3 Å². The lowest BCUT2D eigenvalue weighted by atomic mass is 9.89. The van der Waals surface area contributed by atoms with Crippen molar-refractivity contribution < 1.29 is 9.18 Å². The maximum atomic E-state index is 14.6. The molecule has 0 spiro atoms. The molecule has 6 nitrogen and oxygen atoms in total. The lowest BCUT2D eigenvalue weighted by molar-refractivity contribution is -0.131. The first-order chi connectivity index (χ1) is 14.9. The van der Waals surface area contributed by atoms with Crippen LogP contribution in [-0.2, 0) is 11.2 Å². The van der Waals surface area contributed by atoms with Gasteiger partial charge in [-0.15, -0.1) is 11.3 Å². The predicted octanol–water partition coefficient (Wildman–Crippen LogP) is 4.06. The number of amides is 1. The van der Waals surface area contributed by atoms with E-state index in [4.69, 9.17) is 4.98 Å². The first-order valence-electron chi connectivity index (χ1n) is 10.4. The van der Waals surface area contributed by atoms with Gasteiger partial charge in [-0.3, -0.25) is 4.79 Å². The zero-order valence-corrected chi connectivity index (χ0v) is 18.8. The van der Waals surface area contributed by atoms with Gasteiger partial charge in [0.05, 0.1) is 22.8 Å². The molecule has 1 saturated heterocycles. The van der Waals surface area contributed by atoms with Crippen molar-refractivity contribution >= 4 is 23.2 Å². The van der Waals surface area contributed by atoms with Crippen LogP contribution in [0.15, 0.2) is 35.8 Å². The summed E-state index contributed by atoms with van der Waals surface area (Å²) < 4.78 is 14.6. The Morgan fingerprint density at radius 2 is 2.06 bits per heavy atom. The van der Waals surface area contributed by atoms with Gasteiger partial charge in [0, 0.05) is 55.8 Å². The topological polar surface area (TPSA) is 62.2 Å². The summed E-state index contributed by atoms with van der Waals surface area (Å²) >= 11 is 1.56. The normalized spacial score (nSPS) is 16.4. The molecule has 31 heavy (non-hydrogen) atoms. The number of aryl methyl sites for hydroxylation is 1. The Kier molecular flexibility index (Phi) is 6.27. The molecule has 0 radical (unpaired) electrons. The molecule has 0 bridgehead atoms. The lowest BCUT2D eigenvalue weighted by Gasteiger charge is -2.33. The molecule has 162 valence electrons. The van der Waals surface area contributed by atoms with Crippen molar-refractivity contribution in [3.63, 3.8) is 0 Å². The third-order valence-corrected chi connectivity index (χ3v) is 6.35. The van der Waals surface area contributed by atoms with Crippen molar-refractivity contribution in [2.45, 2.75) is 32.1 Å². The number of carbonyl (C=O) groups is 1. The molecule has 1 amide bonds. The zero-order valence-electron chi connectivity index (χ0n) is 18.0. The summed E-state index contributed by atoms with van der Waals surface area (Å²) in [5.41, 5.74) is 2.80. The Bertz CT molecular complexity index is 1080. The van der Waals surface area contributed by atoms with Crippen molar-refractivity contribution in [3.05, 3.63) is 58.1 Å². The van der Waals surface area contributed by atoms with Gasteiger partial charge < -0.3 is 9.80 Å². The molecule has 0 aliphatic carbocycles. The second kappa shape index (κ2) is 9.09. The lowest BCUT2D eigenvalue weighted by Crippen LogP contribution is -2.40. The van der Waals surface area contributed by atoms with Crippen molar-refractivity contribution in [3.8, 4) is 11.1 Å². The van der Waals surface area contributed by atoms with Crippen LogP contribution in [0.2, 0.25) is 0 Å². The summed E-state index contributed by atoms with van der Waals surface area (Å²) in [5.74, 6) is 0.375. The Balaban J connectivity index is 1.63. The van der Waals surface area contributed by atoms with Gasteiger partial charge in [-0.1, -0.05) is 18.2 Å². The van der Waals surface area contributed by atoms with Crippen LogP contribution in [0.25, 0.3) is 11.1 Å². The Hall–Kier alpha value is -2.87. The van der Waals surface area contributed by atoms with Crippen LogP contribution in [0.1, 0.15) is 35.2 Å². The molecule has 3 aromatic rings. The van der Waals surface area contributed by atoms with E-state index >= 15 is 0 Å². The summed E-state index contributed by atoms with van der Waals surface area (Å²) in [4.78, 5) is 30.3. The van der Waals surface area contributed by atoms with Gasteiger partial charge in [0.25, 0.3) is 0 Å². The van der Waals surface area contributed by atoms with Crippen molar-refractivity contribution in [1.82, 2.24) is 19.9 Å². The molecule has 0 N–H and O–H groups in total. The van der Waals surface area contributed by atoms with E-state index in [9.17, 15) is 9.18 Å². The van der Waals surface area contributed by atoms with E-state index < -0.39 is 0 Å². The average molecular weight is 440 g/mol. The van der Waals surface area contributed by atoms with Gasteiger partial charge in [-0.25, -0.2) is 19.3 Å². The summed E-state index contributed by atoms with van der Waals surface area (Å²) in [6.45, 7) is 3.23. The Morgan fingerprint density at radius 3 is 2.77 bits per heavy atom. The van der Waals surface area contributed by atoms with Gasteiger partial charge in [-0.2, -0.15) is 0 Å². The van der Waals surface area contributed by atoms with Crippen LogP contribution in [-0.4, -0.2) is 52.9 Å². The number of halogens is 1. The smallest absolute Gasteiger partial charge is 0.228 e. The SMILES string of the molecule is Cc1nc(CC(=O)N2CCC[C@@H](c3nc(N(C)C)ncc3-c3ccccc3F)C2)cs1. The molecule has 2 aromatic heterocycles. The minimum absolute atomic E-state index is 0.0196. The Morgan fingerprint density at radius 1 is 1.26 bits per heavy atom. The fourth-order valence-electron chi connectivity index (χ4n) is 3.98. The Labute approximate surface area is 185 Å². The maximum absolute atomic E-state index is 14.6. The van der Waals surface area contributed by atoms with E-state index in [1.807, 2.05) is 42.3 Å². The van der Waals surface area contributed by atoms with Gasteiger partial charge in [0.15, 0.2) is 0 Å². The molecule has 4 rings (SSSR count). The van der Waals surface area contributed by atoms with E-state index in [1.54, 1.807) is 29.7 Å². The molecule has 1 aliphatic heterocycles. The van der Waals surface area contributed by atoms with Gasteiger partial charge in [-0.05, 0) is 25.8 Å². The highest BCUT2D eigenvalue weighted by Crippen LogP contribution is 2.35. The number of benzene rings is 1. The molecule has 3 heterocycles. The second-order valence-electron chi connectivity index (χ2n) is 8.06. The standard InChI is InChI=1S/C23H26FN5OS/c1-15-26-17(14-31-15)11-21(30)29-10-6-7-16(13-29)22-19(12-25-23(27-22)28(2)3)18-8-4-5-9-20(18)24/h4-5,8-9,12,14,16H,6-7,10-11,13H2,1-3H3/t16-/m1/s1. The molecular weight excluding hydrogens is 413 g/mol. The number of hydrogen-bond acceptors (Lipinski definition) is 6. The fourth-order valence-corrected chi connectivity index (χ4v) is 4.59. The fraction of sp³-hybridized carbons (Fsp3) is 0.391. The number of carbonyl (C=O) groups excluding carboxylic acids is 1. The molecular formula is C23H26FN5OS. The quantitative estimate of drug-likeness (QED) is 0.600. The largest absolute Gasteiger partial charge is 0.347 e. The first-order valence-corrected chi connectivity index (χ1v) is 11.3. The average Bonchev–Trinajstić information content (AvgIpc) is 3.18. The summed E-state index contributed by atoms with van der Waals surface area (Å²) in [5, 5.41) is 2.91. The van der Waals surface area contributed by atoms with Crippen LogP contribution in [0.3, 0.4) is 0 Å². The van der Waals surface area contributed by atoms with Crippen molar-refractivity contribution in [2.24, 2.45) is 0 Å². The summed E-state index contributed by atoms with van der Waals surface area (Å²) in [7, 11) is 3.77. The molecule has 0 unspecified atom stereocenters. The molecule has 8 heteroatoms. The van der Waals surface area contributed by atoms with E-state index in [2.05, 4.69) is 9.97 Å². The number of thiazole rings is 1. The summed E-state index contributed by atoms with van der Waals surface area (Å²) in [6, 6.07) is 6.69. The van der Waals surface area contributed by atoms with Crippen LogP contribution in [0.5, 0.6) is 0 Å².